The van der Waals surface area contributed by atoms with Crippen molar-refractivity contribution in [2.75, 3.05) is 0 Å². The second-order valence-electron chi connectivity index (χ2n) is 5.42. The molecule has 0 unspecified atom stereocenters. The van der Waals surface area contributed by atoms with E-state index in [0.717, 1.165) is 0 Å². The predicted molar refractivity (Wildman–Crippen MR) is 136 cm³/mol. The molecule has 27 heteroatoms. The van der Waals surface area contributed by atoms with Gasteiger partial charge in [-0.15, -0.1) is 0 Å². The van der Waals surface area contributed by atoms with E-state index < -0.39 is 20.3 Å². The molecule has 25 nitrogen and oxygen atoms in total. The van der Waals surface area contributed by atoms with Crippen molar-refractivity contribution >= 4 is 54.6 Å². The molecule has 0 bridgehead atoms. The molecule has 0 saturated heterocycles. The van der Waals surface area contributed by atoms with Gasteiger partial charge in [0.1, 0.15) is 0 Å². The summed E-state index contributed by atoms with van der Waals surface area (Å²) in [5.74, 6) is 2.01. The Bertz CT molecular complexity index is 1160. The second-order valence-corrected chi connectivity index (χ2v) is 5.42. The van der Waals surface area contributed by atoms with Crippen LogP contribution in [0.1, 0.15) is 0 Å². The maximum absolute atomic E-state index is 8.25. The summed E-state index contributed by atoms with van der Waals surface area (Å²) in [6, 6.07) is 5.15. The topological polar surface area (TPSA) is 381 Å². The maximum atomic E-state index is 8.25. The quantitative estimate of drug-likeness (QED) is 0.142. The molecule has 4 heterocycles. The van der Waals surface area contributed by atoms with Crippen molar-refractivity contribution in [3.63, 3.8) is 0 Å². The van der Waals surface area contributed by atoms with Crippen molar-refractivity contribution in [2.24, 2.45) is 0 Å². The molecule has 0 N–H and O–H groups in total. The van der Waals surface area contributed by atoms with E-state index in [0.29, 0.717) is 34.9 Å². The summed E-state index contributed by atoms with van der Waals surface area (Å²) in [4.78, 5) is 71.2. The molecule has 0 aromatic carbocycles. The summed E-state index contributed by atoms with van der Waals surface area (Å²) >= 11 is 0. The van der Waals surface area contributed by atoms with E-state index in [-0.39, 0.29) is 54.6 Å². The normalized spacial score (nSPS) is 8.29. The minimum absolute atomic E-state index is 0. The number of aromatic nitrogens is 9. The van der Waals surface area contributed by atoms with Gasteiger partial charge in [0.2, 0.25) is 17.5 Å². The van der Waals surface area contributed by atoms with E-state index in [4.69, 9.17) is 61.3 Å². The molecule has 214 valence electrons. The monoisotopic (exact) mass is 979 g/mol. The van der Waals surface area contributed by atoms with Gasteiger partial charge in [0.15, 0.2) is 17.5 Å². The third kappa shape index (κ3) is 21.8. The van der Waals surface area contributed by atoms with Gasteiger partial charge in [0.25, 0.3) is 0 Å². The Morgan fingerprint density at radius 2 is 0.500 bits per heavy atom. The van der Waals surface area contributed by atoms with Gasteiger partial charge >= 0.3 is 54.6 Å². The van der Waals surface area contributed by atoms with Crippen molar-refractivity contribution < 1.29 is 20.3 Å². The van der Waals surface area contributed by atoms with Gasteiger partial charge in [-0.1, -0.05) is 0 Å². The molecule has 0 aliphatic carbocycles. The zero-order valence-electron chi connectivity index (χ0n) is 19.9. The van der Waals surface area contributed by atoms with Gasteiger partial charge in [-0.3, -0.25) is 0 Å². The molecule has 0 atom stereocenters. The Labute approximate surface area is 270 Å². The first-order valence-electron chi connectivity index (χ1n) is 9.17. The molecule has 4 aromatic heterocycles. The average molecular weight is 978 g/mol. The number of rotatable bonds is 3. The summed E-state index contributed by atoms with van der Waals surface area (Å²) in [7, 11) is 0. The molecule has 42 heavy (non-hydrogen) atoms. The molecule has 0 fully saturated rings. The minimum Gasteiger partial charge on any atom is -0.356 e. The molecule has 0 amide bonds. The van der Waals surface area contributed by atoms with Gasteiger partial charge in [-0.25, -0.2) is 44.9 Å². The van der Waals surface area contributed by atoms with Crippen molar-refractivity contribution in [1.29, 1.82) is 0 Å². The zero-order chi connectivity index (χ0) is 30.5. The van der Waals surface area contributed by atoms with Gasteiger partial charge in [0.05, 0.1) is 20.3 Å². The first kappa shape index (κ1) is 41.4. The molecule has 0 aliphatic rings. The van der Waals surface area contributed by atoms with Crippen LogP contribution < -0.4 is 0 Å². The Balaban J connectivity index is -0.000000708. The molecule has 0 spiro atoms. The van der Waals surface area contributed by atoms with Crippen LogP contribution in [-0.2, 0) is 0 Å². The van der Waals surface area contributed by atoms with Crippen LogP contribution in [0.3, 0.4) is 0 Å². The second kappa shape index (κ2) is 23.8. The van der Waals surface area contributed by atoms with E-state index in [1.165, 1.54) is 0 Å². The molecular formula is C15H9N13O12Pb2. The number of nitrogens with zero attached hydrogens (tertiary/aromatic N) is 13. The molecule has 4 radical (unpaired) electrons. The van der Waals surface area contributed by atoms with E-state index in [1.54, 1.807) is 55.4 Å². The zero-order valence-corrected chi connectivity index (χ0v) is 27.7. The maximum Gasteiger partial charge on any atom is 2.00 e. The van der Waals surface area contributed by atoms with E-state index >= 15 is 0 Å². The Hall–Kier alpha value is -5.11. The first-order chi connectivity index (χ1) is 18.8. The largest absolute Gasteiger partial charge is 2.00 e. The number of hydrogen-bond acceptors (Lipinski definition) is 21. The van der Waals surface area contributed by atoms with Gasteiger partial charge in [0, 0.05) is 37.2 Å². The Morgan fingerprint density at radius 1 is 0.357 bits per heavy atom. The summed E-state index contributed by atoms with van der Waals surface area (Å²) < 4.78 is 0. The van der Waals surface area contributed by atoms with Gasteiger partial charge in [-0.05, 0) is 18.2 Å². The van der Waals surface area contributed by atoms with Crippen LogP contribution in [0.25, 0.3) is 34.9 Å². The third-order valence-electron chi connectivity index (χ3n) is 2.93. The van der Waals surface area contributed by atoms with E-state index in [2.05, 4.69) is 44.9 Å². The minimum atomic E-state index is -1.75. The van der Waals surface area contributed by atoms with Crippen LogP contribution in [0, 0.1) is 61.3 Å². The Morgan fingerprint density at radius 3 is 0.643 bits per heavy atom. The molecule has 4 rings (SSSR count). The number of hydrogen-bond donors (Lipinski definition) is 0. The third-order valence-corrected chi connectivity index (χ3v) is 2.93. The molecule has 0 aliphatic heterocycles. The van der Waals surface area contributed by atoms with Gasteiger partial charge < -0.3 is 61.3 Å². The van der Waals surface area contributed by atoms with E-state index in [1.807, 2.05) is 0 Å². The molecular weight excluding hydrogens is 969 g/mol. The van der Waals surface area contributed by atoms with Crippen molar-refractivity contribution in [1.82, 2.24) is 44.9 Å². The fraction of sp³-hybridized carbons (Fsp3) is 0. The van der Waals surface area contributed by atoms with Crippen molar-refractivity contribution in [2.45, 2.75) is 0 Å². The summed E-state index contributed by atoms with van der Waals surface area (Å²) in [5, 5.41) is 59.0. The summed E-state index contributed by atoms with van der Waals surface area (Å²) in [6.45, 7) is 0. The predicted octanol–water partition coefficient (Wildman–Crippen LogP) is -0.475. The average Bonchev–Trinajstić information content (AvgIpc) is 2.89. The van der Waals surface area contributed by atoms with Crippen LogP contribution >= 0.6 is 0 Å². The molecule has 0 saturated carbocycles. The van der Waals surface area contributed by atoms with E-state index in [9.17, 15) is 0 Å². The van der Waals surface area contributed by atoms with Crippen LogP contribution in [-0.4, -0.2) is 120 Å². The van der Waals surface area contributed by atoms with Crippen LogP contribution in [0.2, 0.25) is 0 Å². The van der Waals surface area contributed by atoms with Crippen molar-refractivity contribution in [3.05, 3.63) is 117 Å². The van der Waals surface area contributed by atoms with Crippen LogP contribution in [0.4, 0.5) is 0 Å². The SMILES string of the molecule is O=[N+]([O-])[O-].O=[N+]([O-])[O-].O=[N+]([O-])[O-].O=[N+]([O-])[O-].[Pb+2].[Pb+2].c1cnc(-c2nc(-c3ncccn3)nc(-c3ncccn3)n2)nc1. The summed E-state index contributed by atoms with van der Waals surface area (Å²) in [5.41, 5.74) is 0. The van der Waals surface area contributed by atoms with Gasteiger partial charge in [-0.2, -0.15) is 0 Å². The fourth-order valence-electron chi connectivity index (χ4n) is 1.92. The van der Waals surface area contributed by atoms with Crippen LogP contribution in [0.15, 0.2) is 55.4 Å². The first-order valence-corrected chi connectivity index (χ1v) is 9.17. The smallest absolute Gasteiger partial charge is 0.356 e. The Kier molecular flexibility index (Phi) is 23.4. The molecule has 4 aromatic rings. The standard InChI is InChI=1S/C15H9N9.4NO3.2Pb/c1-4-16-10(17-5-1)13-22-14(11-18-6-2-7-19-11)24-15(23-13)12-20-8-3-9-21-12;4*2-1(3)4;;/h1-9H;;;;;;/q;4*-1;2*+2. The fourth-order valence-corrected chi connectivity index (χ4v) is 1.92. The van der Waals surface area contributed by atoms with Crippen molar-refractivity contribution in [3.8, 4) is 34.9 Å². The summed E-state index contributed by atoms with van der Waals surface area (Å²) in [6.07, 6.45) is 9.69. The van der Waals surface area contributed by atoms with Crippen LogP contribution in [0.5, 0.6) is 0 Å².